The van der Waals surface area contributed by atoms with E-state index in [1.54, 1.807) is 30.6 Å². The van der Waals surface area contributed by atoms with Crippen molar-refractivity contribution in [1.29, 1.82) is 0 Å². The molecule has 0 aliphatic carbocycles. The lowest BCUT2D eigenvalue weighted by Gasteiger charge is -2.38. The van der Waals surface area contributed by atoms with Crippen LogP contribution in [0.5, 0.6) is 0 Å². The normalized spacial score (nSPS) is 15.0. The average Bonchev–Trinajstić information content (AvgIpc) is 2.55. The zero-order chi connectivity index (χ0) is 16.1. The number of amides is 2. The Balaban J connectivity index is 2.23. The van der Waals surface area contributed by atoms with Crippen LogP contribution >= 0.6 is 24.4 Å². The fourth-order valence-corrected chi connectivity index (χ4v) is 2.88. The predicted molar refractivity (Wildman–Crippen MR) is 94.0 cm³/mol. The van der Waals surface area contributed by atoms with Crippen LogP contribution in [-0.2, 0) is 4.79 Å². The summed E-state index contributed by atoms with van der Waals surface area (Å²) in [7, 11) is 0. The molecule has 5 nitrogen and oxygen atoms in total. The molecular formula is C15H16N3O2S2. The van der Waals surface area contributed by atoms with Crippen LogP contribution < -0.4 is 4.90 Å². The molecular weight excluding hydrogens is 318 g/mol. The van der Waals surface area contributed by atoms with E-state index in [0.717, 1.165) is 6.54 Å². The number of thiocarbonyl (C=S) groups is 2. The summed E-state index contributed by atoms with van der Waals surface area (Å²) in [6, 6.07) is 8.63. The number of piperazine rings is 1. The summed E-state index contributed by atoms with van der Waals surface area (Å²) in [5, 5.41) is 0. The summed E-state index contributed by atoms with van der Waals surface area (Å²) in [6.45, 7) is 3.68. The van der Waals surface area contributed by atoms with Gasteiger partial charge in [0.15, 0.2) is 0 Å². The maximum Gasteiger partial charge on any atom is 0.330 e. The van der Waals surface area contributed by atoms with Gasteiger partial charge in [0, 0.05) is 25.3 Å². The lowest BCUT2D eigenvalue weighted by atomic mass is 10.2. The molecule has 1 saturated heterocycles. The molecule has 0 spiro atoms. The lowest BCUT2D eigenvalue weighted by Crippen LogP contribution is -2.57. The first-order valence-electron chi connectivity index (χ1n) is 6.92. The van der Waals surface area contributed by atoms with E-state index in [1.165, 1.54) is 9.80 Å². The van der Waals surface area contributed by atoms with Crippen molar-refractivity contribution < 1.29 is 9.59 Å². The standard InChI is InChI=1S/C15H16N3O2S2/c1-2-16-8-9-18(14(22)13(16)21)15(20)17(10-11-19)12-6-4-3-5-7-12/h3-7H,2,8-10H2,1H3. The highest BCUT2D eigenvalue weighted by Gasteiger charge is 2.32. The molecule has 0 aromatic heterocycles. The maximum atomic E-state index is 12.7. The Kier molecular flexibility index (Phi) is 5.57. The topological polar surface area (TPSA) is 43.9 Å². The Bertz CT molecular complexity index is 592. The van der Waals surface area contributed by atoms with Gasteiger partial charge in [-0.25, -0.2) is 4.79 Å². The van der Waals surface area contributed by atoms with E-state index in [9.17, 15) is 9.59 Å². The third-order valence-corrected chi connectivity index (χ3v) is 4.44. The zero-order valence-corrected chi connectivity index (χ0v) is 13.8. The number of hydrogen-bond acceptors (Lipinski definition) is 4. The molecule has 1 aromatic carbocycles. The summed E-state index contributed by atoms with van der Waals surface area (Å²) in [6.07, 6.45) is 1.77. The molecule has 0 N–H and O–H groups in total. The van der Waals surface area contributed by atoms with Gasteiger partial charge in [-0.15, -0.1) is 0 Å². The van der Waals surface area contributed by atoms with Gasteiger partial charge in [-0.05, 0) is 19.1 Å². The highest BCUT2D eigenvalue weighted by atomic mass is 32.1. The van der Waals surface area contributed by atoms with Crippen molar-refractivity contribution in [3.8, 4) is 0 Å². The third-order valence-electron chi connectivity index (χ3n) is 3.44. The second-order valence-corrected chi connectivity index (χ2v) is 5.46. The largest absolute Gasteiger partial charge is 0.359 e. The van der Waals surface area contributed by atoms with Crippen molar-refractivity contribution in [3.63, 3.8) is 0 Å². The van der Waals surface area contributed by atoms with Gasteiger partial charge >= 0.3 is 6.03 Å². The number of benzene rings is 1. The minimum absolute atomic E-state index is 0.147. The summed E-state index contributed by atoms with van der Waals surface area (Å²) in [5.41, 5.74) is 0.627. The smallest absolute Gasteiger partial charge is 0.330 e. The Morgan fingerprint density at radius 2 is 1.91 bits per heavy atom. The highest BCUT2D eigenvalue weighted by molar-refractivity contribution is 7.89. The van der Waals surface area contributed by atoms with Gasteiger partial charge in [-0.1, -0.05) is 42.6 Å². The first-order valence-corrected chi connectivity index (χ1v) is 7.74. The lowest BCUT2D eigenvalue weighted by molar-refractivity contribution is 0.223. The molecule has 1 heterocycles. The number of para-hydroxylation sites is 1. The summed E-state index contributed by atoms with van der Waals surface area (Å²) in [4.78, 5) is 29.2. The fourth-order valence-electron chi connectivity index (χ4n) is 2.25. The monoisotopic (exact) mass is 334 g/mol. The van der Waals surface area contributed by atoms with E-state index >= 15 is 0 Å². The van der Waals surface area contributed by atoms with Crippen LogP contribution in [0.15, 0.2) is 30.3 Å². The van der Waals surface area contributed by atoms with Gasteiger partial charge < -0.3 is 4.90 Å². The quantitative estimate of drug-likeness (QED) is 0.788. The van der Waals surface area contributed by atoms with Crippen molar-refractivity contribution in [3.05, 3.63) is 30.3 Å². The number of urea groups is 1. The molecule has 0 bridgehead atoms. The van der Waals surface area contributed by atoms with Gasteiger partial charge in [0.05, 0.1) is 6.54 Å². The van der Waals surface area contributed by atoms with Crippen LogP contribution in [-0.4, -0.2) is 58.3 Å². The molecule has 7 heteroatoms. The molecule has 0 saturated carbocycles. The SMILES string of the molecule is CCN1CCN(C(=O)N(C[C]=O)c2ccccc2)C(=S)C1=S. The molecule has 1 fully saturated rings. The number of carbonyl (C=O) groups is 1. The molecule has 0 atom stereocenters. The first kappa shape index (κ1) is 16.5. The molecule has 115 valence electrons. The zero-order valence-electron chi connectivity index (χ0n) is 12.2. The average molecular weight is 334 g/mol. The van der Waals surface area contributed by atoms with E-state index in [0.29, 0.717) is 28.8 Å². The van der Waals surface area contributed by atoms with Gasteiger partial charge in [0.25, 0.3) is 0 Å². The molecule has 1 aliphatic heterocycles. The molecule has 2 amide bonds. The van der Waals surface area contributed by atoms with E-state index in [2.05, 4.69) is 0 Å². The van der Waals surface area contributed by atoms with Gasteiger partial charge in [0.2, 0.25) is 6.29 Å². The minimum Gasteiger partial charge on any atom is -0.359 e. The number of likely N-dealkylation sites (N-methyl/N-ethyl adjacent to an activating group) is 1. The summed E-state index contributed by atoms with van der Waals surface area (Å²) >= 11 is 10.6. The Morgan fingerprint density at radius 1 is 1.23 bits per heavy atom. The van der Waals surface area contributed by atoms with Crippen LogP contribution in [0.25, 0.3) is 0 Å². The summed E-state index contributed by atoms with van der Waals surface area (Å²) < 4.78 is 0. The van der Waals surface area contributed by atoms with Crippen LogP contribution in [0.1, 0.15) is 6.92 Å². The predicted octanol–water partition coefficient (Wildman–Crippen LogP) is 2.01. The van der Waals surface area contributed by atoms with E-state index < -0.39 is 0 Å². The van der Waals surface area contributed by atoms with Crippen molar-refractivity contribution in [1.82, 2.24) is 9.80 Å². The number of anilines is 1. The van der Waals surface area contributed by atoms with Crippen molar-refractivity contribution in [2.24, 2.45) is 0 Å². The molecule has 1 aromatic rings. The van der Waals surface area contributed by atoms with E-state index in [-0.39, 0.29) is 12.6 Å². The van der Waals surface area contributed by atoms with E-state index in [1.807, 2.05) is 17.9 Å². The van der Waals surface area contributed by atoms with Gasteiger partial charge in [-0.2, -0.15) is 0 Å². The second kappa shape index (κ2) is 7.42. The molecule has 1 aliphatic rings. The minimum atomic E-state index is -0.349. The molecule has 1 radical (unpaired) electrons. The molecule has 22 heavy (non-hydrogen) atoms. The number of nitrogens with zero attached hydrogens (tertiary/aromatic N) is 3. The van der Waals surface area contributed by atoms with Gasteiger partial charge in [0.1, 0.15) is 9.98 Å². The van der Waals surface area contributed by atoms with Crippen molar-refractivity contribution in [2.75, 3.05) is 31.1 Å². The van der Waals surface area contributed by atoms with Crippen LogP contribution in [0.3, 0.4) is 0 Å². The maximum absolute atomic E-state index is 12.7. The van der Waals surface area contributed by atoms with Crippen LogP contribution in [0.2, 0.25) is 0 Å². The number of carbonyl (C=O) groups excluding carboxylic acids is 2. The van der Waals surface area contributed by atoms with Crippen molar-refractivity contribution >= 4 is 52.4 Å². The first-order chi connectivity index (χ1) is 10.6. The second-order valence-electron chi connectivity index (χ2n) is 4.69. The van der Waals surface area contributed by atoms with E-state index in [4.69, 9.17) is 24.4 Å². The van der Waals surface area contributed by atoms with Gasteiger partial charge in [-0.3, -0.25) is 14.6 Å². The van der Waals surface area contributed by atoms with Crippen LogP contribution in [0, 0.1) is 0 Å². The molecule has 2 rings (SSSR count). The van der Waals surface area contributed by atoms with Crippen molar-refractivity contribution in [2.45, 2.75) is 6.92 Å². The molecule has 0 unspecified atom stereocenters. The fraction of sp³-hybridized carbons (Fsp3) is 0.333. The number of rotatable bonds is 4. The Labute approximate surface area is 140 Å². The highest BCUT2D eigenvalue weighted by Crippen LogP contribution is 2.17. The Hall–Kier alpha value is -1.86. The Morgan fingerprint density at radius 3 is 2.50 bits per heavy atom. The summed E-state index contributed by atoms with van der Waals surface area (Å²) in [5.74, 6) is 0. The third kappa shape index (κ3) is 3.31. The number of hydrogen-bond donors (Lipinski definition) is 0. The van der Waals surface area contributed by atoms with Crippen LogP contribution in [0.4, 0.5) is 10.5 Å².